The first-order chi connectivity index (χ1) is 10.2. The Morgan fingerprint density at radius 3 is 2.90 bits per heavy atom. The summed E-state index contributed by atoms with van der Waals surface area (Å²) >= 11 is 1.55. The van der Waals surface area contributed by atoms with Gasteiger partial charge in [-0.2, -0.15) is 5.10 Å². The zero-order valence-corrected chi connectivity index (χ0v) is 13.0. The molecular formula is C14H17N5OS. The molecule has 0 unspecified atom stereocenters. The second-order valence-electron chi connectivity index (χ2n) is 4.28. The van der Waals surface area contributed by atoms with Crippen molar-refractivity contribution in [2.45, 2.75) is 20.3 Å². The minimum absolute atomic E-state index is 0.343. The highest BCUT2D eigenvalue weighted by molar-refractivity contribution is 7.17. The highest BCUT2D eigenvalue weighted by Gasteiger charge is 2.14. The molecule has 6 nitrogen and oxygen atoms in total. The molecule has 0 saturated carbocycles. The maximum absolute atomic E-state index is 11.2. The maximum Gasteiger partial charge on any atom is 0.334 e. The molecule has 2 rings (SSSR count). The van der Waals surface area contributed by atoms with Gasteiger partial charge >= 0.3 is 6.03 Å². The molecule has 7 heteroatoms. The fourth-order valence-corrected chi connectivity index (χ4v) is 2.82. The minimum atomic E-state index is -0.343. The van der Waals surface area contributed by atoms with Crippen LogP contribution in [0.3, 0.4) is 0 Å². The number of nitrogens with one attached hydrogen (secondary N) is 2. The van der Waals surface area contributed by atoms with Gasteiger partial charge in [0.25, 0.3) is 0 Å². The summed E-state index contributed by atoms with van der Waals surface area (Å²) < 4.78 is 0. The predicted molar refractivity (Wildman–Crippen MR) is 84.5 cm³/mol. The number of aromatic nitrogens is 2. The fourth-order valence-electron chi connectivity index (χ4n) is 1.73. The summed E-state index contributed by atoms with van der Waals surface area (Å²) in [5, 5.41) is 7.45. The largest absolute Gasteiger partial charge is 0.340 e. The average Bonchev–Trinajstić information content (AvgIpc) is 2.97. The van der Waals surface area contributed by atoms with Gasteiger partial charge in [0.1, 0.15) is 5.01 Å². The van der Waals surface area contributed by atoms with Gasteiger partial charge in [0.15, 0.2) is 0 Å². The lowest BCUT2D eigenvalue weighted by atomic mass is 10.2. The van der Waals surface area contributed by atoms with Crippen molar-refractivity contribution < 1.29 is 4.79 Å². The highest BCUT2D eigenvalue weighted by atomic mass is 32.1. The van der Waals surface area contributed by atoms with Crippen molar-refractivity contribution in [1.82, 2.24) is 20.7 Å². The number of aryl methyl sites for hydroxylation is 1. The number of pyridine rings is 1. The molecule has 2 amide bonds. The summed E-state index contributed by atoms with van der Waals surface area (Å²) in [6.45, 7) is 3.90. The second-order valence-corrected chi connectivity index (χ2v) is 5.28. The van der Waals surface area contributed by atoms with Crippen LogP contribution < -0.4 is 10.7 Å². The highest BCUT2D eigenvalue weighted by Crippen LogP contribution is 2.28. The molecule has 0 atom stereocenters. The molecule has 2 heterocycles. The van der Waals surface area contributed by atoms with E-state index in [1.165, 1.54) is 0 Å². The lowest BCUT2D eigenvalue weighted by Gasteiger charge is -2.01. The van der Waals surface area contributed by atoms with Crippen molar-refractivity contribution in [3.05, 3.63) is 35.1 Å². The third kappa shape index (κ3) is 3.63. The Kier molecular flexibility index (Phi) is 4.99. The van der Waals surface area contributed by atoms with Crippen LogP contribution in [0.4, 0.5) is 4.79 Å². The van der Waals surface area contributed by atoms with E-state index < -0.39 is 0 Å². The molecule has 0 bridgehead atoms. The quantitative estimate of drug-likeness (QED) is 0.672. The van der Waals surface area contributed by atoms with E-state index in [0.717, 1.165) is 33.3 Å². The number of rotatable bonds is 4. The first-order valence-electron chi connectivity index (χ1n) is 6.58. The molecule has 2 N–H and O–H groups in total. The number of carbonyl (C=O) groups is 1. The van der Waals surface area contributed by atoms with Crippen molar-refractivity contribution in [2.75, 3.05) is 7.05 Å². The standard InChI is InChI=1S/C14H17N5OS/c1-4-11-12(9(2)18-19-14(20)15-3)21-13(17-11)10-6-5-7-16-8-10/h5-8H,4H2,1-3H3,(H2,15,19,20)/b18-9+. The third-order valence-corrected chi connectivity index (χ3v) is 4.08. The number of hydrogen-bond acceptors (Lipinski definition) is 5. The van der Waals surface area contributed by atoms with Gasteiger partial charge in [-0.05, 0) is 25.5 Å². The zero-order chi connectivity index (χ0) is 15.2. The number of nitrogens with zero attached hydrogens (tertiary/aromatic N) is 3. The van der Waals surface area contributed by atoms with Crippen molar-refractivity contribution >= 4 is 23.1 Å². The van der Waals surface area contributed by atoms with Gasteiger partial charge in [-0.3, -0.25) is 4.98 Å². The molecule has 21 heavy (non-hydrogen) atoms. The molecule has 110 valence electrons. The normalized spacial score (nSPS) is 11.3. The van der Waals surface area contributed by atoms with Crippen molar-refractivity contribution in [3.63, 3.8) is 0 Å². The van der Waals surface area contributed by atoms with E-state index in [0.29, 0.717) is 0 Å². The molecule has 0 radical (unpaired) electrons. The molecule has 0 fully saturated rings. The van der Waals surface area contributed by atoms with Gasteiger partial charge in [-0.15, -0.1) is 11.3 Å². The number of thiazole rings is 1. The molecule has 0 aliphatic rings. The van der Waals surface area contributed by atoms with Gasteiger partial charge in [-0.25, -0.2) is 15.2 Å². The first kappa shape index (κ1) is 15.1. The number of amides is 2. The van der Waals surface area contributed by atoms with Crippen LogP contribution in [0.15, 0.2) is 29.6 Å². The molecule has 0 aromatic carbocycles. The van der Waals surface area contributed by atoms with E-state index in [-0.39, 0.29) is 6.03 Å². The van der Waals surface area contributed by atoms with Crippen LogP contribution in [-0.4, -0.2) is 28.8 Å². The van der Waals surface area contributed by atoms with E-state index in [1.54, 1.807) is 30.8 Å². The van der Waals surface area contributed by atoms with E-state index in [9.17, 15) is 4.79 Å². The van der Waals surface area contributed by atoms with Gasteiger partial charge in [0.2, 0.25) is 0 Å². The number of hydrazone groups is 1. The Morgan fingerprint density at radius 1 is 1.48 bits per heavy atom. The summed E-state index contributed by atoms with van der Waals surface area (Å²) in [5.41, 5.74) is 5.13. The summed E-state index contributed by atoms with van der Waals surface area (Å²) in [6.07, 6.45) is 4.33. The summed E-state index contributed by atoms with van der Waals surface area (Å²) in [5.74, 6) is 0. The maximum atomic E-state index is 11.2. The van der Waals surface area contributed by atoms with Crippen LogP contribution in [0.5, 0.6) is 0 Å². The molecular weight excluding hydrogens is 286 g/mol. The van der Waals surface area contributed by atoms with E-state index >= 15 is 0 Å². The number of urea groups is 1. The van der Waals surface area contributed by atoms with Gasteiger partial charge in [0, 0.05) is 25.0 Å². The van der Waals surface area contributed by atoms with E-state index in [1.807, 2.05) is 26.0 Å². The van der Waals surface area contributed by atoms with E-state index in [2.05, 4.69) is 25.8 Å². The monoisotopic (exact) mass is 303 g/mol. The Hall–Kier alpha value is -2.28. The molecule has 0 saturated heterocycles. The number of carbonyl (C=O) groups excluding carboxylic acids is 1. The van der Waals surface area contributed by atoms with Crippen LogP contribution in [0.2, 0.25) is 0 Å². The first-order valence-corrected chi connectivity index (χ1v) is 7.39. The van der Waals surface area contributed by atoms with Crippen molar-refractivity contribution in [3.8, 4) is 10.6 Å². The SMILES string of the molecule is CCc1nc(-c2cccnc2)sc1/C(C)=N/NC(=O)NC. The Labute approximate surface area is 127 Å². The lowest BCUT2D eigenvalue weighted by Crippen LogP contribution is -2.29. The Bertz CT molecular complexity index is 651. The third-order valence-electron chi connectivity index (χ3n) is 2.82. The molecule has 0 spiro atoms. The molecule has 0 aliphatic carbocycles. The fraction of sp³-hybridized carbons (Fsp3) is 0.286. The van der Waals surface area contributed by atoms with Crippen molar-refractivity contribution in [1.29, 1.82) is 0 Å². The lowest BCUT2D eigenvalue weighted by molar-refractivity contribution is 0.243. The number of hydrogen-bond donors (Lipinski definition) is 2. The van der Waals surface area contributed by atoms with Crippen LogP contribution in [-0.2, 0) is 6.42 Å². The predicted octanol–water partition coefficient (Wildman–Crippen LogP) is 2.42. The van der Waals surface area contributed by atoms with Crippen LogP contribution in [0, 0.1) is 0 Å². The van der Waals surface area contributed by atoms with Crippen molar-refractivity contribution in [2.24, 2.45) is 5.10 Å². The zero-order valence-electron chi connectivity index (χ0n) is 12.2. The van der Waals surface area contributed by atoms with Crippen LogP contribution in [0.1, 0.15) is 24.4 Å². The van der Waals surface area contributed by atoms with E-state index in [4.69, 9.17) is 0 Å². The molecule has 2 aromatic rings. The van der Waals surface area contributed by atoms with Gasteiger partial charge in [0.05, 0.1) is 16.3 Å². The summed E-state index contributed by atoms with van der Waals surface area (Å²) in [4.78, 5) is 20.9. The second kappa shape index (κ2) is 6.94. The Morgan fingerprint density at radius 2 is 2.29 bits per heavy atom. The van der Waals surface area contributed by atoms with Gasteiger partial charge in [-0.1, -0.05) is 6.92 Å². The summed E-state index contributed by atoms with van der Waals surface area (Å²) in [6, 6.07) is 3.52. The molecule has 0 aliphatic heterocycles. The smallest absolute Gasteiger partial charge is 0.334 e. The minimum Gasteiger partial charge on any atom is -0.340 e. The summed E-state index contributed by atoms with van der Waals surface area (Å²) in [7, 11) is 1.55. The van der Waals surface area contributed by atoms with Crippen LogP contribution >= 0.6 is 11.3 Å². The molecule has 2 aromatic heterocycles. The van der Waals surface area contributed by atoms with Gasteiger partial charge < -0.3 is 5.32 Å². The average molecular weight is 303 g/mol. The van der Waals surface area contributed by atoms with Crippen LogP contribution in [0.25, 0.3) is 10.6 Å². The Balaban J connectivity index is 2.31. The topological polar surface area (TPSA) is 79.3 Å².